The van der Waals surface area contributed by atoms with Gasteiger partial charge in [0.15, 0.2) is 0 Å². The van der Waals surface area contributed by atoms with Crippen LogP contribution in [0.3, 0.4) is 0 Å². The molecule has 108 valence electrons. The molecule has 0 spiro atoms. The first kappa shape index (κ1) is 16.2. The van der Waals surface area contributed by atoms with Crippen molar-refractivity contribution in [2.24, 2.45) is 5.73 Å². The molecule has 0 heterocycles. The number of rotatable bonds is 7. The van der Waals surface area contributed by atoms with Gasteiger partial charge in [0, 0.05) is 30.9 Å². The molecule has 3 N–H and O–H groups in total. The van der Waals surface area contributed by atoms with E-state index in [-0.39, 0.29) is 5.91 Å². The van der Waals surface area contributed by atoms with Crippen LogP contribution in [0, 0.1) is 11.8 Å². The molecule has 20 heavy (non-hydrogen) atoms. The fourth-order valence-corrected chi connectivity index (χ4v) is 1.58. The quantitative estimate of drug-likeness (QED) is 0.585. The van der Waals surface area contributed by atoms with Crippen molar-refractivity contribution < 1.29 is 9.53 Å². The Kier molecular flexibility index (Phi) is 8.13. The van der Waals surface area contributed by atoms with Gasteiger partial charge in [0.05, 0.1) is 6.54 Å². The predicted octanol–water partition coefficient (Wildman–Crippen LogP) is 1.54. The zero-order chi connectivity index (χ0) is 14.6. The molecule has 1 rings (SSSR count). The number of nitrogens with one attached hydrogen (secondary N) is 1. The van der Waals surface area contributed by atoms with Crippen LogP contribution in [0.1, 0.15) is 35.7 Å². The summed E-state index contributed by atoms with van der Waals surface area (Å²) in [6, 6.07) is 7.18. The highest BCUT2D eigenvalue weighted by Crippen LogP contribution is 2.03. The largest absolute Gasteiger partial charge is 0.381 e. The van der Waals surface area contributed by atoms with E-state index in [0.717, 1.165) is 25.0 Å². The van der Waals surface area contributed by atoms with E-state index in [2.05, 4.69) is 24.1 Å². The molecule has 0 radical (unpaired) electrons. The number of amides is 1. The monoisotopic (exact) mass is 274 g/mol. The maximum absolute atomic E-state index is 11.9. The van der Waals surface area contributed by atoms with Crippen LogP contribution in [0.25, 0.3) is 0 Å². The molecule has 0 saturated carbocycles. The van der Waals surface area contributed by atoms with E-state index in [9.17, 15) is 4.79 Å². The highest BCUT2D eigenvalue weighted by Gasteiger charge is 2.03. The lowest BCUT2D eigenvalue weighted by atomic mass is 10.1. The number of carbonyl (C=O) groups is 1. The summed E-state index contributed by atoms with van der Waals surface area (Å²) in [7, 11) is 0. The van der Waals surface area contributed by atoms with E-state index >= 15 is 0 Å². The summed E-state index contributed by atoms with van der Waals surface area (Å²) in [5, 5.41) is 2.86. The minimum absolute atomic E-state index is 0.0705. The second kappa shape index (κ2) is 10.0. The molecule has 4 heteroatoms. The zero-order valence-electron chi connectivity index (χ0n) is 11.9. The smallest absolute Gasteiger partial charge is 0.251 e. The summed E-state index contributed by atoms with van der Waals surface area (Å²) in [5.41, 5.74) is 6.80. The molecule has 0 aliphatic carbocycles. The lowest BCUT2D eigenvalue weighted by molar-refractivity contribution is 0.0941. The van der Waals surface area contributed by atoms with Crippen molar-refractivity contribution >= 4 is 5.91 Å². The van der Waals surface area contributed by atoms with Crippen LogP contribution in [0.15, 0.2) is 24.3 Å². The average molecular weight is 274 g/mol. The van der Waals surface area contributed by atoms with Gasteiger partial charge in [-0.3, -0.25) is 4.79 Å². The van der Waals surface area contributed by atoms with E-state index in [0.29, 0.717) is 25.3 Å². The number of ether oxygens (including phenoxy) is 1. The highest BCUT2D eigenvalue weighted by molar-refractivity contribution is 5.94. The van der Waals surface area contributed by atoms with Crippen molar-refractivity contribution in [2.45, 2.75) is 19.8 Å². The molecular weight excluding hydrogens is 252 g/mol. The van der Waals surface area contributed by atoms with Gasteiger partial charge in [0.25, 0.3) is 5.91 Å². The number of hydrogen-bond donors (Lipinski definition) is 2. The van der Waals surface area contributed by atoms with E-state index < -0.39 is 0 Å². The molecule has 0 unspecified atom stereocenters. The third-order valence-corrected chi connectivity index (χ3v) is 2.58. The Morgan fingerprint density at radius 2 is 2.05 bits per heavy atom. The molecular formula is C16H22N2O2. The van der Waals surface area contributed by atoms with Crippen LogP contribution in [-0.4, -0.2) is 32.2 Å². The Labute approximate surface area is 120 Å². The number of benzene rings is 1. The van der Waals surface area contributed by atoms with Crippen LogP contribution in [0.2, 0.25) is 0 Å². The maximum atomic E-state index is 11.9. The van der Waals surface area contributed by atoms with E-state index in [1.807, 2.05) is 12.1 Å². The van der Waals surface area contributed by atoms with Crippen LogP contribution in [-0.2, 0) is 4.74 Å². The number of hydrogen-bond acceptors (Lipinski definition) is 3. The van der Waals surface area contributed by atoms with Crippen molar-refractivity contribution in [2.75, 3.05) is 26.3 Å². The second-order valence-electron chi connectivity index (χ2n) is 4.31. The van der Waals surface area contributed by atoms with Gasteiger partial charge < -0.3 is 15.8 Å². The van der Waals surface area contributed by atoms with Gasteiger partial charge in [0.1, 0.15) is 0 Å². The summed E-state index contributed by atoms with van der Waals surface area (Å²) in [4.78, 5) is 11.9. The van der Waals surface area contributed by atoms with Crippen LogP contribution >= 0.6 is 0 Å². The van der Waals surface area contributed by atoms with Gasteiger partial charge >= 0.3 is 0 Å². The summed E-state index contributed by atoms with van der Waals surface area (Å²) < 4.78 is 5.35. The lowest BCUT2D eigenvalue weighted by Gasteiger charge is -2.06. The molecule has 0 aliphatic heterocycles. The first-order chi connectivity index (χ1) is 9.77. The van der Waals surface area contributed by atoms with Crippen molar-refractivity contribution in [3.05, 3.63) is 35.4 Å². The third kappa shape index (κ3) is 6.37. The summed E-state index contributed by atoms with van der Waals surface area (Å²) >= 11 is 0. The fraction of sp³-hybridized carbons (Fsp3) is 0.438. The first-order valence-electron chi connectivity index (χ1n) is 6.93. The van der Waals surface area contributed by atoms with Gasteiger partial charge in [-0.2, -0.15) is 0 Å². The molecule has 0 saturated heterocycles. The van der Waals surface area contributed by atoms with E-state index in [4.69, 9.17) is 10.5 Å². The molecule has 1 aromatic rings. The topological polar surface area (TPSA) is 64.3 Å². The fourth-order valence-electron chi connectivity index (χ4n) is 1.58. The van der Waals surface area contributed by atoms with Crippen molar-refractivity contribution in [3.8, 4) is 11.8 Å². The second-order valence-corrected chi connectivity index (χ2v) is 4.31. The molecule has 0 atom stereocenters. The van der Waals surface area contributed by atoms with Crippen LogP contribution in [0.5, 0.6) is 0 Å². The van der Waals surface area contributed by atoms with Crippen molar-refractivity contribution in [1.29, 1.82) is 0 Å². The van der Waals surface area contributed by atoms with Gasteiger partial charge in [-0.15, -0.1) is 0 Å². The molecule has 0 fully saturated rings. The Bertz CT molecular complexity index is 458. The Morgan fingerprint density at radius 3 is 2.70 bits per heavy atom. The molecule has 0 bridgehead atoms. The number of nitrogens with two attached hydrogens (primary N) is 1. The molecule has 4 nitrogen and oxygen atoms in total. The van der Waals surface area contributed by atoms with Crippen LogP contribution in [0.4, 0.5) is 0 Å². The predicted molar refractivity (Wildman–Crippen MR) is 80.4 cm³/mol. The Hall–Kier alpha value is -1.83. The highest BCUT2D eigenvalue weighted by atomic mass is 16.5. The average Bonchev–Trinajstić information content (AvgIpc) is 2.49. The molecule has 0 aromatic heterocycles. The van der Waals surface area contributed by atoms with Gasteiger partial charge in [-0.1, -0.05) is 18.8 Å². The Morgan fingerprint density at radius 1 is 1.30 bits per heavy atom. The lowest BCUT2D eigenvalue weighted by Crippen LogP contribution is -2.25. The SMILES string of the molecule is CCCOCCCNC(=O)c1ccc(C#CCN)cc1. The first-order valence-corrected chi connectivity index (χ1v) is 6.93. The maximum Gasteiger partial charge on any atom is 0.251 e. The zero-order valence-corrected chi connectivity index (χ0v) is 11.9. The van der Waals surface area contributed by atoms with Crippen molar-refractivity contribution in [1.82, 2.24) is 5.32 Å². The minimum Gasteiger partial charge on any atom is -0.381 e. The summed E-state index contributed by atoms with van der Waals surface area (Å²) in [6.45, 7) is 4.49. The van der Waals surface area contributed by atoms with Gasteiger partial charge in [-0.25, -0.2) is 0 Å². The Balaban J connectivity index is 2.32. The van der Waals surface area contributed by atoms with E-state index in [1.165, 1.54) is 0 Å². The number of carbonyl (C=O) groups excluding carboxylic acids is 1. The minimum atomic E-state index is -0.0705. The third-order valence-electron chi connectivity index (χ3n) is 2.58. The summed E-state index contributed by atoms with van der Waals surface area (Å²) in [5.74, 6) is 5.62. The van der Waals surface area contributed by atoms with E-state index in [1.54, 1.807) is 12.1 Å². The van der Waals surface area contributed by atoms with Crippen LogP contribution < -0.4 is 11.1 Å². The molecule has 1 amide bonds. The standard InChI is InChI=1S/C16H22N2O2/c1-2-12-20-13-4-11-18-16(19)15-8-6-14(7-9-15)5-3-10-17/h6-9H,2,4,10-13,17H2,1H3,(H,18,19). The summed E-state index contributed by atoms with van der Waals surface area (Å²) in [6.07, 6.45) is 1.84. The van der Waals surface area contributed by atoms with Gasteiger partial charge in [0.2, 0.25) is 0 Å². The van der Waals surface area contributed by atoms with Gasteiger partial charge in [-0.05, 0) is 37.1 Å². The van der Waals surface area contributed by atoms with Crippen molar-refractivity contribution in [3.63, 3.8) is 0 Å². The molecule has 0 aliphatic rings. The normalized spacial score (nSPS) is 9.70. The molecule has 1 aromatic carbocycles.